The number of aliphatic carboxylic acids is 1. The molecule has 0 radical (unpaired) electrons. The van der Waals surface area contributed by atoms with E-state index in [0.717, 1.165) is 12.1 Å². The van der Waals surface area contributed by atoms with E-state index in [0.29, 0.717) is 22.6 Å². The van der Waals surface area contributed by atoms with Gasteiger partial charge in [0.1, 0.15) is 5.75 Å². The SMILES string of the molecule is COc1ccc(CC(OC)C(=O)O)cc1NC(=O)Cc1ccc(C(F)(F)F)cc1. The number of amides is 1. The summed E-state index contributed by atoms with van der Waals surface area (Å²) in [5.74, 6) is -1.21. The van der Waals surface area contributed by atoms with Gasteiger partial charge in [0.05, 0.1) is 24.8 Å². The number of rotatable bonds is 8. The minimum Gasteiger partial charge on any atom is -0.495 e. The smallest absolute Gasteiger partial charge is 0.416 e. The Balaban J connectivity index is 2.12. The number of methoxy groups -OCH3 is 2. The van der Waals surface area contributed by atoms with Crippen molar-refractivity contribution in [3.05, 3.63) is 59.2 Å². The van der Waals surface area contributed by atoms with Gasteiger partial charge >= 0.3 is 12.1 Å². The Hall–Kier alpha value is -3.07. The monoisotopic (exact) mass is 411 g/mol. The molecule has 29 heavy (non-hydrogen) atoms. The molecule has 0 bridgehead atoms. The standard InChI is InChI=1S/C20H20F3NO5/c1-28-16-8-5-13(10-17(29-2)19(26)27)9-15(16)24-18(25)11-12-3-6-14(7-4-12)20(21,22)23/h3-9,17H,10-11H2,1-2H3,(H,24,25)(H,26,27). The lowest BCUT2D eigenvalue weighted by Crippen LogP contribution is -2.25. The van der Waals surface area contributed by atoms with Gasteiger partial charge in [0.15, 0.2) is 6.10 Å². The molecule has 0 saturated carbocycles. The topological polar surface area (TPSA) is 84.9 Å². The van der Waals surface area contributed by atoms with Crippen LogP contribution in [-0.2, 0) is 33.3 Å². The van der Waals surface area contributed by atoms with Crippen molar-refractivity contribution < 1.29 is 37.3 Å². The summed E-state index contributed by atoms with van der Waals surface area (Å²) in [6.45, 7) is 0. The van der Waals surface area contributed by atoms with E-state index in [2.05, 4.69) is 5.32 Å². The number of carbonyl (C=O) groups excluding carboxylic acids is 1. The number of benzene rings is 2. The van der Waals surface area contributed by atoms with Crippen LogP contribution in [-0.4, -0.2) is 37.3 Å². The van der Waals surface area contributed by atoms with Gasteiger partial charge in [-0.2, -0.15) is 13.2 Å². The molecule has 2 aromatic rings. The molecule has 0 aliphatic heterocycles. The number of carbonyl (C=O) groups is 2. The van der Waals surface area contributed by atoms with Gasteiger partial charge in [0.25, 0.3) is 0 Å². The van der Waals surface area contributed by atoms with E-state index in [1.54, 1.807) is 18.2 Å². The second kappa shape index (κ2) is 9.42. The molecule has 1 amide bonds. The van der Waals surface area contributed by atoms with E-state index in [9.17, 15) is 22.8 Å². The summed E-state index contributed by atoms with van der Waals surface area (Å²) in [7, 11) is 2.70. The average molecular weight is 411 g/mol. The first-order valence-electron chi connectivity index (χ1n) is 8.52. The van der Waals surface area contributed by atoms with Crippen LogP contribution in [0, 0.1) is 0 Å². The molecule has 2 rings (SSSR count). The molecule has 2 aromatic carbocycles. The van der Waals surface area contributed by atoms with Crippen LogP contribution in [0.15, 0.2) is 42.5 Å². The molecule has 0 spiro atoms. The number of hydrogen-bond acceptors (Lipinski definition) is 4. The first-order chi connectivity index (χ1) is 13.6. The molecule has 0 aliphatic rings. The molecule has 2 N–H and O–H groups in total. The van der Waals surface area contributed by atoms with Crippen LogP contribution in [0.25, 0.3) is 0 Å². The van der Waals surface area contributed by atoms with Gasteiger partial charge in [-0.1, -0.05) is 18.2 Å². The van der Waals surface area contributed by atoms with E-state index >= 15 is 0 Å². The zero-order valence-electron chi connectivity index (χ0n) is 15.7. The van der Waals surface area contributed by atoms with Crippen molar-refractivity contribution in [2.45, 2.75) is 25.1 Å². The third kappa shape index (κ3) is 6.21. The number of halogens is 3. The fourth-order valence-corrected chi connectivity index (χ4v) is 2.66. The van der Waals surface area contributed by atoms with Crippen LogP contribution in [0.1, 0.15) is 16.7 Å². The lowest BCUT2D eigenvalue weighted by atomic mass is 10.1. The molecule has 0 aromatic heterocycles. The molecule has 6 nitrogen and oxygen atoms in total. The van der Waals surface area contributed by atoms with Crippen molar-refractivity contribution in [3.8, 4) is 5.75 Å². The number of hydrogen-bond donors (Lipinski definition) is 2. The summed E-state index contributed by atoms with van der Waals surface area (Å²) < 4.78 is 48.0. The van der Waals surface area contributed by atoms with Crippen LogP contribution >= 0.6 is 0 Å². The van der Waals surface area contributed by atoms with Crippen molar-refractivity contribution in [3.63, 3.8) is 0 Å². The van der Waals surface area contributed by atoms with Gasteiger partial charge in [0, 0.05) is 13.5 Å². The van der Waals surface area contributed by atoms with Crippen LogP contribution < -0.4 is 10.1 Å². The molecule has 1 atom stereocenters. The quantitative estimate of drug-likeness (QED) is 0.694. The molecule has 9 heteroatoms. The van der Waals surface area contributed by atoms with Gasteiger partial charge in [-0.3, -0.25) is 4.79 Å². The van der Waals surface area contributed by atoms with Crippen molar-refractivity contribution in [1.82, 2.24) is 0 Å². The maximum Gasteiger partial charge on any atom is 0.416 e. The summed E-state index contributed by atoms with van der Waals surface area (Å²) in [4.78, 5) is 23.4. The Bertz CT molecular complexity index is 865. The number of anilines is 1. The van der Waals surface area contributed by atoms with E-state index in [4.69, 9.17) is 14.6 Å². The van der Waals surface area contributed by atoms with Gasteiger partial charge < -0.3 is 19.9 Å². The van der Waals surface area contributed by atoms with Gasteiger partial charge in [0.2, 0.25) is 5.91 Å². The fourth-order valence-electron chi connectivity index (χ4n) is 2.66. The van der Waals surface area contributed by atoms with Crippen molar-refractivity contribution in [1.29, 1.82) is 0 Å². The Morgan fingerprint density at radius 1 is 1.07 bits per heavy atom. The van der Waals surface area contributed by atoms with E-state index in [1.807, 2.05) is 0 Å². The molecule has 0 heterocycles. The highest BCUT2D eigenvalue weighted by Gasteiger charge is 2.30. The normalized spacial score (nSPS) is 12.3. The van der Waals surface area contributed by atoms with Gasteiger partial charge in [-0.05, 0) is 35.4 Å². The zero-order chi connectivity index (χ0) is 21.6. The number of carboxylic acids is 1. The van der Waals surface area contributed by atoms with Crippen molar-refractivity contribution in [2.75, 3.05) is 19.5 Å². The molecular formula is C20H20F3NO5. The van der Waals surface area contributed by atoms with Gasteiger partial charge in [-0.15, -0.1) is 0 Å². The highest BCUT2D eigenvalue weighted by atomic mass is 19.4. The molecule has 0 fully saturated rings. The number of alkyl halides is 3. The zero-order valence-corrected chi connectivity index (χ0v) is 15.7. The van der Waals surface area contributed by atoms with Crippen LogP contribution in [0.3, 0.4) is 0 Å². The summed E-state index contributed by atoms with van der Waals surface area (Å²) in [5.41, 5.74) is 0.546. The Kier molecular flexibility index (Phi) is 7.22. The summed E-state index contributed by atoms with van der Waals surface area (Å²) in [6.07, 6.45) is -5.54. The Morgan fingerprint density at radius 3 is 2.21 bits per heavy atom. The number of carboxylic acid groups (broad SMARTS) is 1. The lowest BCUT2D eigenvalue weighted by Gasteiger charge is -2.14. The minimum absolute atomic E-state index is 0.0810. The molecule has 0 saturated heterocycles. The predicted octanol–water partition coefficient (Wildman–Crippen LogP) is 3.54. The summed E-state index contributed by atoms with van der Waals surface area (Å²) >= 11 is 0. The second-order valence-electron chi connectivity index (χ2n) is 6.22. The van der Waals surface area contributed by atoms with Crippen LogP contribution in [0.2, 0.25) is 0 Å². The van der Waals surface area contributed by atoms with Crippen LogP contribution in [0.4, 0.5) is 18.9 Å². The minimum atomic E-state index is -4.44. The van der Waals surface area contributed by atoms with E-state index in [-0.39, 0.29) is 12.8 Å². The Labute approximate surface area is 165 Å². The van der Waals surface area contributed by atoms with Crippen molar-refractivity contribution in [2.24, 2.45) is 0 Å². The molecule has 0 aliphatic carbocycles. The maximum atomic E-state index is 12.6. The number of nitrogens with one attached hydrogen (secondary N) is 1. The first-order valence-corrected chi connectivity index (χ1v) is 8.52. The van der Waals surface area contributed by atoms with E-state index in [1.165, 1.54) is 26.4 Å². The van der Waals surface area contributed by atoms with E-state index < -0.39 is 29.7 Å². The number of ether oxygens (including phenoxy) is 2. The Morgan fingerprint density at radius 2 is 1.69 bits per heavy atom. The highest BCUT2D eigenvalue weighted by Crippen LogP contribution is 2.29. The van der Waals surface area contributed by atoms with Crippen LogP contribution in [0.5, 0.6) is 5.75 Å². The molecular weight excluding hydrogens is 391 g/mol. The third-order valence-electron chi connectivity index (χ3n) is 4.16. The molecule has 156 valence electrons. The summed E-state index contributed by atoms with van der Waals surface area (Å²) in [6, 6.07) is 9.12. The average Bonchev–Trinajstić information content (AvgIpc) is 2.65. The third-order valence-corrected chi connectivity index (χ3v) is 4.16. The largest absolute Gasteiger partial charge is 0.495 e. The summed E-state index contributed by atoms with van der Waals surface area (Å²) in [5, 5.41) is 11.7. The fraction of sp³-hybridized carbons (Fsp3) is 0.300. The second-order valence-corrected chi connectivity index (χ2v) is 6.22. The van der Waals surface area contributed by atoms with Gasteiger partial charge in [-0.25, -0.2) is 4.79 Å². The maximum absolute atomic E-state index is 12.6. The van der Waals surface area contributed by atoms with Crippen molar-refractivity contribution >= 4 is 17.6 Å². The molecule has 1 unspecified atom stereocenters. The highest BCUT2D eigenvalue weighted by molar-refractivity contribution is 5.93. The lowest BCUT2D eigenvalue weighted by molar-refractivity contribution is -0.148. The predicted molar refractivity (Wildman–Crippen MR) is 98.9 cm³/mol. The first kappa shape index (κ1) is 22.2.